The number of fused-ring (bicyclic) bond motifs is 3. The maximum Gasteiger partial charge on any atom is 0.330 e. The number of esters is 1. The van der Waals surface area contributed by atoms with Gasteiger partial charge in [0.2, 0.25) is 0 Å². The normalized spacial score (nSPS) is 47.3. The van der Waals surface area contributed by atoms with Gasteiger partial charge in [-0.15, -0.1) is 0 Å². The lowest BCUT2D eigenvalue weighted by molar-refractivity contribution is -0.352. The van der Waals surface area contributed by atoms with E-state index in [1.807, 2.05) is 54.8 Å². The highest BCUT2D eigenvalue weighted by Crippen LogP contribution is 2.49. The van der Waals surface area contributed by atoms with Gasteiger partial charge in [-0.05, 0) is 119 Å². The third kappa shape index (κ3) is 13.4. The summed E-state index contributed by atoms with van der Waals surface area (Å²) < 4.78 is 38.7. The first kappa shape index (κ1) is 53.4. The van der Waals surface area contributed by atoms with Crippen LogP contribution in [0.15, 0.2) is 24.3 Å². The van der Waals surface area contributed by atoms with Gasteiger partial charge in [-0.3, -0.25) is 0 Å². The number of carbonyl (C=O) groups excluding carboxylic acids is 1. The molecule has 0 radical (unpaired) electrons. The molecule has 2 bridgehead atoms. The third-order valence-electron chi connectivity index (χ3n) is 15.0. The molecule has 0 amide bonds. The topological polar surface area (TPSA) is 217 Å². The summed E-state index contributed by atoms with van der Waals surface area (Å²) in [7, 11) is 3.94. The van der Waals surface area contributed by atoms with E-state index in [0.717, 1.165) is 44.3 Å². The van der Waals surface area contributed by atoms with Gasteiger partial charge in [-0.25, -0.2) is 4.79 Å². The molecule has 15 heteroatoms. The van der Waals surface area contributed by atoms with Crippen LogP contribution in [0, 0.1) is 17.8 Å². The number of likely N-dealkylation sites (N-methyl/N-ethyl adjacent to an activating group) is 1. The van der Waals surface area contributed by atoms with Crippen LogP contribution in [-0.2, 0) is 33.2 Å². The van der Waals surface area contributed by atoms with Crippen molar-refractivity contribution in [1.82, 2.24) is 4.90 Å². The van der Waals surface area contributed by atoms with Crippen LogP contribution in [0.5, 0.6) is 0 Å². The van der Waals surface area contributed by atoms with Crippen LogP contribution in [0.3, 0.4) is 0 Å². The van der Waals surface area contributed by atoms with Gasteiger partial charge in [0.1, 0.15) is 23.9 Å². The third-order valence-corrected chi connectivity index (χ3v) is 15.0. The summed E-state index contributed by atoms with van der Waals surface area (Å²) in [6, 6.07) is 0.128. The number of aliphatic hydroxyl groups is 7. The lowest BCUT2D eigenvalue weighted by atomic mass is 9.79. The molecule has 64 heavy (non-hydrogen) atoms. The number of allylic oxidation sites excluding steroid dienone is 1. The first-order chi connectivity index (χ1) is 29.8. The molecule has 0 aromatic rings. The molecule has 5 aliphatic rings. The summed E-state index contributed by atoms with van der Waals surface area (Å²) in [5, 5.41) is 81.8. The number of aliphatic hydroxyl groups excluding tert-OH is 4. The van der Waals surface area contributed by atoms with Crippen molar-refractivity contribution in [2.24, 2.45) is 17.8 Å². The van der Waals surface area contributed by atoms with Gasteiger partial charge in [0.05, 0.1) is 47.8 Å². The van der Waals surface area contributed by atoms with Gasteiger partial charge in [0.15, 0.2) is 17.9 Å². The average Bonchev–Trinajstić information content (AvgIpc) is 3.45. The molecule has 0 saturated carbocycles. The molecule has 5 aliphatic heterocycles. The largest absolute Gasteiger partial charge is 0.459 e. The van der Waals surface area contributed by atoms with Crippen molar-refractivity contribution < 1.29 is 69.0 Å². The fourth-order valence-electron chi connectivity index (χ4n) is 10.9. The summed E-state index contributed by atoms with van der Waals surface area (Å²) >= 11 is 0. The fraction of sp³-hybridized carbons (Fsp3) is 0.898. The van der Waals surface area contributed by atoms with Gasteiger partial charge in [-0.2, -0.15) is 0 Å². The molecule has 4 fully saturated rings. The molecule has 0 aromatic carbocycles. The minimum Gasteiger partial charge on any atom is -0.459 e. The van der Waals surface area contributed by atoms with E-state index in [2.05, 4.69) is 11.0 Å². The van der Waals surface area contributed by atoms with Gasteiger partial charge < -0.3 is 69.1 Å². The van der Waals surface area contributed by atoms with Gasteiger partial charge >= 0.3 is 5.97 Å². The van der Waals surface area contributed by atoms with Crippen LogP contribution in [0.2, 0.25) is 0 Å². The van der Waals surface area contributed by atoms with Crippen molar-refractivity contribution in [1.29, 1.82) is 0 Å². The number of nitrogens with zero attached hydrogens (tertiary/aromatic N) is 1. The Morgan fingerprint density at radius 2 is 1.58 bits per heavy atom. The van der Waals surface area contributed by atoms with Crippen molar-refractivity contribution in [2.75, 3.05) is 14.1 Å². The van der Waals surface area contributed by atoms with Crippen LogP contribution >= 0.6 is 0 Å². The van der Waals surface area contributed by atoms with E-state index in [-0.39, 0.29) is 43.4 Å². The summed E-state index contributed by atoms with van der Waals surface area (Å²) in [6.07, 6.45) is 4.66. The van der Waals surface area contributed by atoms with Crippen LogP contribution in [-0.4, -0.2) is 156 Å². The predicted molar refractivity (Wildman–Crippen MR) is 239 cm³/mol. The maximum absolute atomic E-state index is 13.8. The lowest BCUT2D eigenvalue weighted by Crippen LogP contribution is -2.58. The van der Waals surface area contributed by atoms with Crippen molar-refractivity contribution in [3.8, 4) is 0 Å². The quantitative estimate of drug-likeness (QED) is 0.141. The van der Waals surface area contributed by atoms with E-state index in [0.29, 0.717) is 44.9 Å². The molecule has 0 aliphatic carbocycles. The van der Waals surface area contributed by atoms with E-state index < -0.39 is 95.2 Å². The fourth-order valence-corrected chi connectivity index (χ4v) is 10.9. The highest BCUT2D eigenvalue weighted by atomic mass is 16.7. The average molecular weight is 912 g/mol. The monoisotopic (exact) mass is 912 g/mol. The molecule has 1 spiro atoms. The maximum atomic E-state index is 13.8. The standard InChI is InChI=1S/C49H85NO14/c1-11-34(51)26-35-19-17-24-48(62-35)28-37-30(2)38(63-48)29-49(58)33(27-45(5,6)64-49)18-15-13-12-14-16-23-46(7,56)44(55)42(61-40-21-20-36(50(9)10)32(4)59-40)41(53)31(3)43(54)47(8,57)25-22-39(52)60-37/h15,18,22,25,30-38,40-44,51,53-58H,11-14,16-17,19-21,23-24,26-29H2,1-10H3/b18-15+,25-22+/t30-,31+,32?,33?,34+,35+,36?,37?,38?,40?,41+,42-,43-,44+,46+,47+,48+,49-/m0/s1. The summed E-state index contributed by atoms with van der Waals surface area (Å²) in [5.41, 5.74) is -4.43. The summed E-state index contributed by atoms with van der Waals surface area (Å²) in [4.78, 5) is 15.8. The molecular weight excluding hydrogens is 827 g/mol. The minimum absolute atomic E-state index is 0.0790. The first-order valence-electron chi connectivity index (χ1n) is 24.3. The van der Waals surface area contributed by atoms with Gasteiger partial charge in [0.25, 0.3) is 0 Å². The molecule has 15 nitrogen and oxygen atoms in total. The second-order valence-corrected chi connectivity index (χ2v) is 21.4. The molecule has 4 saturated heterocycles. The molecule has 5 rings (SSSR count). The molecule has 7 N–H and O–H groups in total. The zero-order valence-electron chi connectivity index (χ0n) is 40.4. The predicted octanol–water partition coefficient (Wildman–Crippen LogP) is 4.78. The molecule has 5 heterocycles. The number of ether oxygens (including phenoxy) is 6. The number of rotatable bonds is 6. The minimum atomic E-state index is -2.08. The second kappa shape index (κ2) is 21.8. The van der Waals surface area contributed by atoms with Crippen LogP contribution in [0.25, 0.3) is 0 Å². The summed E-state index contributed by atoms with van der Waals surface area (Å²) in [5.74, 6) is -5.49. The van der Waals surface area contributed by atoms with E-state index in [9.17, 15) is 40.5 Å². The van der Waals surface area contributed by atoms with Crippen molar-refractivity contribution >= 4 is 5.97 Å². The zero-order chi connectivity index (χ0) is 47.4. The molecule has 370 valence electrons. The zero-order valence-corrected chi connectivity index (χ0v) is 40.4. The van der Waals surface area contributed by atoms with E-state index in [4.69, 9.17) is 28.4 Å². The molecule has 18 atom stereocenters. The Kier molecular flexibility index (Phi) is 18.2. The Morgan fingerprint density at radius 3 is 2.25 bits per heavy atom. The Hall–Kier alpha value is -1.57. The van der Waals surface area contributed by atoms with Gasteiger partial charge in [0, 0.05) is 49.1 Å². The van der Waals surface area contributed by atoms with E-state index >= 15 is 0 Å². The van der Waals surface area contributed by atoms with Crippen LogP contribution in [0.1, 0.15) is 152 Å². The smallest absolute Gasteiger partial charge is 0.330 e. The van der Waals surface area contributed by atoms with Gasteiger partial charge in [-0.1, -0.05) is 45.8 Å². The van der Waals surface area contributed by atoms with Crippen LogP contribution < -0.4 is 0 Å². The number of hydrogen-bond acceptors (Lipinski definition) is 15. The highest BCUT2D eigenvalue weighted by Gasteiger charge is 2.56. The SMILES string of the molecule is CC[C@@H](O)C[C@H]1CCC[C@@]2(CC3OC(=O)/C=C/[C@@](C)(O)[C@@H](O)[C@H](C)[C@@H](O)[C@H](OC4CCC(N(C)C)C(C)O4)[C@@H](O)[C@](C)(O)CCCCC/C=C/C4CC(C)(C)O[C@@]4(O)CC(O2)[C@H]3C)O1. The Bertz CT molecular complexity index is 1550. The highest BCUT2D eigenvalue weighted by molar-refractivity contribution is 5.82. The summed E-state index contributed by atoms with van der Waals surface area (Å²) in [6.45, 7) is 14.0. The Balaban J connectivity index is 1.45. The number of hydrogen-bond donors (Lipinski definition) is 7. The van der Waals surface area contributed by atoms with Crippen molar-refractivity contribution in [3.05, 3.63) is 24.3 Å². The van der Waals surface area contributed by atoms with E-state index in [1.54, 1.807) is 0 Å². The Morgan fingerprint density at radius 1 is 0.859 bits per heavy atom. The first-order valence-corrected chi connectivity index (χ1v) is 24.3. The van der Waals surface area contributed by atoms with Crippen LogP contribution in [0.4, 0.5) is 0 Å². The van der Waals surface area contributed by atoms with Crippen molar-refractivity contribution in [3.63, 3.8) is 0 Å². The van der Waals surface area contributed by atoms with E-state index in [1.165, 1.54) is 20.8 Å². The lowest BCUT2D eigenvalue weighted by Gasteiger charge is -2.51. The van der Waals surface area contributed by atoms with Crippen molar-refractivity contribution in [2.45, 2.75) is 247 Å². The molecule has 6 unspecified atom stereocenters. The molecule has 0 aromatic heterocycles. The molecular formula is C49H85NO14. The second-order valence-electron chi connectivity index (χ2n) is 21.4. The Labute approximate surface area is 382 Å². The number of carbonyl (C=O) groups is 1.